The first-order valence-electron chi connectivity index (χ1n) is 4.59. The molecule has 1 rings (SSSR count). The molecule has 1 amide bonds. The van der Waals surface area contributed by atoms with Crippen LogP contribution in [0.15, 0.2) is 30.3 Å². The van der Waals surface area contributed by atoms with Gasteiger partial charge in [-0.3, -0.25) is 4.79 Å². The number of carbonyl (C=O) groups excluding carboxylic acids is 1. The minimum atomic E-state index is -1.16. The number of rotatable bonds is 4. The highest BCUT2D eigenvalue weighted by atomic mass is 16.4. The fraction of sp³-hybridized carbons (Fsp3) is 0.182. The quantitative estimate of drug-likeness (QED) is 0.783. The second-order valence-corrected chi connectivity index (χ2v) is 3.08. The van der Waals surface area contributed by atoms with Gasteiger partial charge in [-0.15, -0.1) is 0 Å². The molecule has 0 saturated carbocycles. The lowest BCUT2D eigenvalue weighted by Crippen LogP contribution is -2.33. The van der Waals surface area contributed by atoms with Crippen molar-refractivity contribution in [3.8, 4) is 6.07 Å². The van der Waals surface area contributed by atoms with Crippen molar-refractivity contribution >= 4 is 11.9 Å². The fourth-order valence-electron chi connectivity index (χ4n) is 1.22. The Morgan fingerprint density at radius 1 is 1.38 bits per heavy atom. The minimum Gasteiger partial charge on any atom is -0.479 e. The zero-order valence-corrected chi connectivity index (χ0v) is 8.38. The topological polar surface area (TPSA) is 90.2 Å². The number of carboxylic acid groups (broad SMARTS) is 1. The lowest BCUT2D eigenvalue weighted by atomic mass is 10.1. The third kappa shape index (κ3) is 3.10. The molecule has 1 aromatic carbocycles. The predicted molar refractivity (Wildman–Crippen MR) is 55.2 cm³/mol. The van der Waals surface area contributed by atoms with E-state index in [2.05, 4.69) is 5.32 Å². The van der Waals surface area contributed by atoms with Crippen molar-refractivity contribution in [1.29, 1.82) is 5.26 Å². The zero-order chi connectivity index (χ0) is 12.0. The molecule has 5 heteroatoms. The molecule has 0 aliphatic heterocycles. The number of hydrogen-bond donors (Lipinski definition) is 2. The first kappa shape index (κ1) is 11.7. The molecular weight excluding hydrogens is 208 g/mol. The van der Waals surface area contributed by atoms with Gasteiger partial charge >= 0.3 is 5.97 Å². The van der Waals surface area contributed by atoms with Crippen molar-refractivity contribution in [3.05, 3.63) is 35.9 Å². The van der Waals surface area contributed by atoms with Gasteiger partial charge in [0, 0.05) is 0 Å². The minimum absolute atomic E-state index is 0.351. The number of carbonyl (C=O) groups is 2. The number of amides is 1. The van der Waals surface area contributed by atoms with Gasteiger partial charge in [-0.2, -0.15) is 5.26 Å². The van der Waals surface area contributed by atoms with Crippen molar-refractivity contribution in [2.24, 2.45) is 0 Å². The van der Waals surface area contributed by atoms with Crippen molar-refractivity contribution in [1.82, 2.24) is 5.32 Å². The van der Waals surface area contributed by atoms with Crippen LogP contribution in [0.4, 0.5) is 0 Å². The summed E-state index contributed by atoms with van der Waals surface area (Å²) >= 11 is 0. The number of benzene rings is 1. The maximum atomic E-state index is 11.1. The molecular formula is C11H10N2O3. The first-order chi connectivity index (χ1) is 7.65. The summed E-state index contributed by atoms with van der Waals surface area (Å²) in [7, 11) is 0. The fourth-order valence-corrected chi connectivity index (χ4v) is 1.22. The summed E-state index contributed by atoms with van der Waals surface area (Å²) in [5.41, 5.74) is 0.473. The van der Waals surface area contributed by atoms with Crippen LogP contribution in [-0.4, -0.2) is 17.0 Å². The Balaban J connectivity index is 2.82. The van der Waals surface area contributed by atoms with E-state index in [1.807, 2.05) is 0 Å². The summed E-state index contributed by atoms with van der Waals surface area (Å²) in [4.78, 5) is 22.1. The zero-order valence-electron chi connectivity index (χ0n) is 8.38. The van der Waals surface area contributed by atoms with E-state index in [4.69, 9.17) is 10.4 Å². The predicted octanol–water partition coefficient (Wildman–Crippen LogP) is 0.842. The van der Waals surface area contributed by atoms with Crippen LogP contribution in [0.5, 0.6) is 0 Å². The van der Waals surface area contributed by atoms with Crippen LogP contribution in [0.2, 0.25) is 0 Å². The maximum absolute atomic E-state index is 11.1. The highest BCUT2D eigenvalue weighted by Crippen LogP contribution is 2.12. The van der Waals surface area contributed by atoms with E-state index >= 15 is 0 Å². The molecule has 82 valence electrons. The largest absolute Gasteiger partial charge is 0.479 e. The Bertz CT molecular complexity index is 423. The van der Waals surface area contributed by atoms with Crippen LogP contribution < -0.4 is 5.32 Å². The van der Waals surface area contributed by atoms with Crippen LogP contribution >= 0.6 is 0 Å². The van der Waals surface area contributed by atoms with Gasteiger partial charge in [0.15, 0.2) is 6.04 Å². The van der Waals surface area contributed by atoms with E-state index in [1.54, 1.807) is 36.4 Å². The molecule has 0 aromatic heterocycles. The average molecular weight is 218 g/mol. The van der Waals surface area contributed by atoms with Crippen molar-refractivity contribution in [2.75, 3.05) is 0 Å². The lowest BCUT2D eigenvalue weighted by Gasteiger charge is -2.13. The molecule has 0 saturated heterocycles. The summed E-state index contributed by atoms with van der Waals surface area (Å²) in [5, 5.41) is 19.5. The molecule has 0 aliphatic rings. The first-order valence-corrected chi connectivity index (χ1v) is 4.59. The highest BCUT2D eigenvalue weighted by Gasteiger charge is 2.21. The molecule has 0 radical (unpaired) electrons. The van der Waals surface area contributed by atoms with Crippen molar-refractivity contribution in [2.45, 2.75) is 12.5 Å². The average Bonchev–Trinajstić information content (AvgIpc) is 2.27. The summed E-state index contributed by atoms with van der Waals surface area (Å²) in [6.45, 7) is 0. The van der Waals surface area contributed by atoms with Gasteiger partial charge in [-0.05, 0) is 5.56 Å². The number of hydrogen-bond acceptors (Lipinski definition) is 3. The molecule has 16 heavy (non-hydrogen) atoms. The van der Waals surface area contributed by atoms with E-state index in [0.29, 0.717) is 5.56 Å². The van der Waals surface area contributed by atoms with Gasteiger partial charge in [-0.25, -0.2) is 4.79 Å². The highest BCUT2D eigenvalue weighted by molar-refractivity contribution is 5.85. The molecule has 1 aromatic rings. The molecule has 0 aliphatic carbocycles. The van der Waals surface area contributed by atoms with E-state index in [-0.39, 0.29) is 6.42 Å². The van der Waals surface area contributed by atoms with Crippen molar-refractivity contribution < 1.29 is 14.7 Å². The Morgan fingerprint density at radius 3 is 2.50 bits per heavy atom. The number of nitrogens with zero attached hydrogens (tertiary/aromatic N) is 1. The monoisotopic (exact) mass is 218 g/mol. The van der Waals surface area contributed by atoms with Crippen LogP contribution in [0.1, 0.15) is 18.0 Å². The Hall–Kier alpha value is -2.35. The normalized spacial score (nSPS) is 11.2. The molecule has 2 N–H and O–H groups in total. The van der Waals surface area contributed by atoms with Gasteiger partial charge in [-0.1, -0.05) is 30.3 Å². The number of nitriles is 1. The van der Waals surface area contributed by atoms with Crippen LogP contribution in [0.3, 0.4) is 0 Å². The number of carboxylic acids is 1. The summed E-state index contributed by atoms with van der Waals surface area (Å²) < 4.78 is 0. The molecule has 5 nitrogen and oxygen atoms in total. The van der Waals surface area contributed by atoms with Gasteiger partial charge in [0.05, 0.1) is 6.07 Å². The van der Waals surface area contributed by atoms with Gasteiger partial charge in [0.1, 0.15) is 6.42 Å². The lowest BCUT2D eigenvalue weighted by molar-refractivity contribution is -0.141. The van der Waals surface area contributed by atoms with Crippen LogP contribution in [0, 0.1) is 11.3 Å². The third-order valence-corrected chi connectivity index (χ3v) is 1.92. The van der Waals surface area contributed by atoms with Crippen LogP contribution in [0.25, 0.3) is 0 Å². The van der Waals surface area contributed by atoms with E-state index < -0.39 is 17.9 Å². The molecule has 0 bridgehead atoms. The van der Waals surface area contributed by atoms with Gasteiger partial charge in [0.2, 0.25) is 5.91 Å². The molecule has 1 atom stereocenters. The SMILES string of the molecule is N#CCC(=O)NC(C(=O)O)c1ccccc1. The van der Waals surface area contributed by atoms with Crippen molar-refractivity contribution in [3.63, 3.8) is 0 Å². The molecule has 0 spiro atoms. The Labute approximate surface area is 92.3 Å². The maximum Gasteiger partial charge on any atom is 0.330 e. The van der Waals surface area contributed by atoms with Crippen LogP contribution in [-0.2, 0) is 9.59 Å². The van der Waals surface area contributed by atoms with E-state index in [1.165, 1.54) is 0 Å². The summed E-state index contributed by atoms with van der Waals surface area (Å²) in [6, 6.07) is 8.87. The Morgan fingerprint density at radius 2 is 2.00 bits per heavy atom. The standard InChI is InChI=1S/C11H10N2O3/c12-7-6-9(14)13-10(11(15)16)8-4-2-1-3-5-8/h1-5,10H,6H2,(H,13,14)(H,15,16). The summed E-state index contributed by atoms with van der Waals surface area (Å²) in [5.74, 6) is -1.75. The van der Waals surface area contributed by atoms with Gasteiger partial charge in [0.25, 0.3) is 0 Å². The molecule has 0 fully saturated rings. The van der Waals surface area contributed by atoms with Gasteiger partial charge < -0.3 is 10.4 Å². The van der Waals surface area contributed by atoms with E-state index in [9.17, 15) is 9.59 Å². The summed E-state index contributed by atoms with van der Waals surface area (Å²) in [6.07, 6.45) is -0.351. The molecule has 1 unspecified atom stereocenters. The Kier molecular flexibility index (Phi) is 4.04. The second-order valence-electron chi connectivity index (χ2n) is 3.08. The second kappa shape index (κ2) is 5.51. The number of aliphatic carboxylic acids is 1. The van der Waals surface area contributed by atoms with E-state index in [0.717, 1.165) is 0 Å². The smallest absolute Gasteiger partial charge is 0.330 e. The molecule has 0 heterocycles. The third-order valence-electron chi connectivity index (χ3n) is 1.92. The number of nitrogens with one attached hydrogen (secondary N) is 1.